The first-order chi connectivity index (χ1) is 14.4. The lowest BCUT2D eigenvalue weighted by Crippen LogP contribution is -2.49. The van der Waals surface area contributed by atoms with E-state index < -0.39 is 10.0 Å². The Hall–Kier alpha value is -2.84. The van der Waals surface area contributed by atoms with Gasteiger partial charge in [0.15, 0.2) is 5.82 Å². The Bertz CT molecular complexity index is 1160. The van der Waals surface area contributed by atoms with E-state index in [1.54, 1.807) is 42.5 Å². The summed E-state index contributed by atoms with van der Waals surface area (Å²) in [6.45, 7) is 5.63. The largest absolute Gasteiger partial charge is 0.354 e. The molecule has 0 amide bonds. The van der Waals surface area contributed by atoms with Crippen LogP contribution in [-0.2, 0) is 10.0 Å². The molecule has 0 radical (unpaired) electrons. The highest BCUT2D eigenvalue weighted by Crippen LogP contribution is 2.27. The Labute approximate surface area is 176 Å². The van der Waals surface area contributed by atoms with Gasteiger partial charge in [-0.1, -0.05) is 30.3 Å². The molecule has 2 heterocycles. The van der Waals surface area contributed by atoms with E-state index in [1.807, 2.05) is 13.8 Å². The van der Waals surface area contributed by atoms with Crippen molar-refractivity contribution < 1.29 is 12.8 Å². The number of hydrogen-bond donors (Lipinski definition) is 0. The van der Waals surface area contributed by atoms with E-state index in [4.69, 9.17) is 4.98 Å². The second kappa shape index (κ2) is 8.12. The minimum Gasteiger partial charge on any atom is -0.354 e. The molecule has 1 saturated heterocycles. The first-order valence-electron chi connectivity index (χ1n) is 9.77. The summed E-state index contributed by atoms with van der Waals surface area (Å²) >= 11 is 0. The Morgan fingerprint density at radius 3 is 2.27 bits per heavy atom. The summed E-state index contributed by atoms with van der Waals surface area (Å²) in [5, 5.41) is 0. The fraction of sp³-hybridized carbons (Fsp3) is 0.273. The first kappa shape index (κ1) is 20.4. The van der Waals surface area contributed by atoms with Crippen LogP contribution in [0.3, 0.4) is 0 Å². The SMILES string of the molecule is Cc1nc(-c2cccc(F)c2)nc(N2CCN(S(=O)(=O)c3ccccc3)CC2)c1C. The highest BCUT2D eigenvalue weighted by Gasteiger charge is 2.29. The van der Waals surface area contributed by atoms with Crippen LogP contribution in [0.2, 0.25) is 0 Å². The zero-order valence-corrected chi connectivity index (χ0v) is 17.7. The van der Waals surface area contributed by atoms with Crippen molar-refractivity contribution in [2.75, 3.05) is 31.1 Å². The van der Waals surface area contributed by atoms with Crippen LogP contribution in [0.25, 0.3) is 11.4 Å². The van der Waals surface area contributed by atoms with Crippen LogP contribution in [0.15, 0.2) is 59.5 Å². The third kappa shape index (κ3) is 3.93. The second-order valence-electron chi connectivity index (χ2n) is 7.30. The summed E-state index contributed by atoms with van der Waals surface area (Å²) in [4.78, 5) is 11.6. The van der Waals surface area contributed by atoms with Crippen molar-refractivity contribution >= 4 is 15.8 Å². The number of aromatic nitrogens is 2. The summed E-state index contributed by atoms with van der Waals surface area (Å²) < 4.78 is 40.9. The van der Waals surface area contributed by atoms with Gasteiger partial charge in [0.1, 0.15) is 11.6 Å². The van der Waals surface area contributed by atoms with E-state index in [-0.39, 0.29) is 5.82 Å². The predicted molar refractivity (Wildman–Crippen MR) is 114 cm³/mol. The van der Waals surface area contributed by atoms with E-state index in [2.05, 4.69) is 9.88 Å². The normalized spacial score (nSPS) is 15.4. The van der Waals surface area contributed by atoms with Crippen molar-refractivity contribution in [2.45, 2.75) is 18.7 Å². The molecular weight excluding hydrogens is 403 g/mol. The third-order valence-corrected chi connectivity index (χ3v) is 7.28. The van der Waals surface area contributed by atoms with Crippen LogP contribution in [0.1, 0.15) is 11.3 Å². The van der Waals surface area contributed by atoms with Gasteiger partial charge in [0.25, 0.3) is 0 Å². The lowest BCUT2D eigenvalue weighted by Gasteiger charge is -2.35. The number of benzene rings is 2. The second-order valence-corrected chi connectivity index (χ2v) is 9.23. The topological polar surface area (TPSA) is 66.4 Å². The van der Waals surface area contributed by atoms with Gasteiger partial charge in [-0.05, 0) is 38.1 Å². The number of halogens is 1. The molecule has 1 aromatic heterocycles. The molecule has 4 rings (SSSR count). The standard InChI is InChI=1S/C22H23FN4O2S/c1-16-17(2)24-21(18-7-6-8-19(23)15-18)25-22(16)26-11-13-27(14-12-26)30(28,29)20-9-4-3-5-10-20/h3-10,15H,11-14H2,1-2H3. The molecule has 0 saturated carbocycles. The average molecular weight is 427 g/mol. The first-order valence-corrected chi connectivity index (χ1v) is 11.2. The maximum Gasteiger partial charge on any atom is 0.243 e. The minimum absolute atomic E-state index is 0.306. The fourth-order valence-electron chi connectivity index (χ4n) is 3.56. The molecule has 2 aromatic carbocycles. The van der Waals surface area contributed by atoms with Crippen LogP contribution in [0, 0.1) is 19.7 Å². The molecule has 1 aliphatic heterocycles. The van der Waals surface area contributed by atoms with Crippen molar-refractivity contribution in [3.63, 3.8) is 0 Å². The molecule has 0 unspecified atom stereocenters. The third-order valence-electron chi connectivity index (χ3n) is 5.37. The highest BCUT2D eigenvalue weighted by atomic mass is 32.2. The Balaban J connectivity index is 1.58. The molecule has 0 spiro atoms. The number of anilines is 1. The summed E-state index contributed by atoms with van der Waals surface area (Å²) in [5.74, 6) is 0.890. The van der Waals surface area contributed by atoms with Gasteiger partial charge in [-0.25, -0.2) is 22.8 Å². The van der Waals surface area contributed by atoms with E-state index >= 15 is 0 Å². The molecule has 3 aromatic rings. The number of aryl methyl sites for hydroxylation is 1. The number of nitrogens with zero attached hydrogens (tertiary/aromatic N) is 4. The molecule has 156 valence electrons. The van der Waals surface area contributed by atoms with Gasteiger partial charge in [0.2, 0.25) is 10.0 Å². The molecule has 1 aliphatic rings. The van der Waals surface area contributed by atoms with Crippen molar-refractivity contribution in [3.8, 4) is 11.4 Å². The van der Waals surface area contributed by atoms with Gasteiger partial charge in [-0.2, -0.15) is 4.31 Å². The minimum atomic E-state index is -3.51. The maximum absolute atomic E-state index is 13.7. The molecule has 30 heavy (non-hydrogen) atoms. The fourth-order valence-corrected chi connectivity index (χ4v) is 5.00. The maximum atomic E-state index is 13.7. The van der Waals surface area contributed by atoms with Crippen LogP contribution in [-0.4, -0.2) is 48.9 Å². The van der Waals surface area contributed by atoms with Gasteiger partial charge in [-0.15, -0.1) is 0 Å². The van der Waals surface area contributed by atoms with Crippen LogP contribution in [0.5, 0.6) is 0 Å². The van der Waals surface area contributed by atoms with Crippen molar-refractivity contribution in [2.24, 2.45) is 0 Å². The van der Waals surface area contributed by atoms with Gasteiger partial charge < -0.3 is 4.90 Å². The molecular formula is C22H23FN4O2S. The van der Waals surface area contributed by atoms with Gasteiger partial charge in [-0.3, -0.25) is 0 Å². The van der Waals surface area contributed by atoms with E-state index in [1.165, 1.54) is 16.4 Å². The smallest absolute Gasteiger partial charge is 0.243 e. The number of piperazine rings is 1. The zero-order valence-electron chi connectivity index (χ0n) is 16.9. The summed E-state index contributed by atoms with van der Waals surface area (Å²) in [6.07, 6.45) is 0. The lowest BCUT2D eigenvalue weighted by atomic mass is 10.1. The molecule has 1 fully saturated rings. The summed E-state index contributed by atoms with van der Waals surface area (Å²) in [6, 6.07) is 14.7. The van der Waals surface area contributed by atoms with Crippen molar-refractivity contribution in [3.05, 3.63) is 71.7 Å². The van der Waals surface area contributed by atoms with Crippen LogP contribution >= 0.6 is 0 Å². The van der Waals surface area contributed by atoms with Crippen LogP contribution < -0.4 is 4.90 Å². The van der Waals surface area contributed by atoms with Crippen LogP contribution in [0.4, 0.5) is 10.2 Å². The van der Waals surface area contributed by atoms with Gasteiger partial charge >= 0.3 is 0 Å². The highest BCUT2D eigenvalue weighted by molar-refractivity contribution is 7.89. The molecule has 0 N–H and O–H groups in total. The van der Waals surface area contributed by atoms with Crippen molar-refractivity contribution in [1.29, 1.82) is 0 Å². The van der Waals surface area contributed by atoms with Crippen molar-refractivity contribution in [1.82, 2.24) is 14.3 Å². The van der Waals surface area contributed by atoms with E-state index in [0.29, 0.717) is 42.5 Å². The average Bonchev–Trinajstić information content (AvgIpc) is 2.76. The summed E-state index contributed by atoms with van der Waals surface area (Å²) in [7, 11) is -3.51. The number of hydrogen-bond acceptors (Lipinski definition) is 5. The van der Waals surface area contributed by atoms with Gasteiger partial charge in [0, 0.05) is 43.0 Å². The molecule has 0 atom stereocenters. The number of sulfonamides is 1. The molecule has 8 heteroatoms. The summed E-state index contributed by atoms with van der Waals surface area (Å²) in [5.41, 5.74) is 2.37. The quantitative estimate of drug-likeness (QED) is 0.640. The van der Waals surface area contributed by atoms with E-state index in [0.717, 1.165) is 17.1 Å². The monoisotopic (exact) mass is 426 g/mol. The predicted octanol–water partition coefficient (Wildman–Crippen LogP) is 3.41. The number of rotatable bonds is 4. The van der Waals surface area contributed by atoms with Gasteiger partial charge in [0.05, 0.1) is 4.90 Å². The molecule has 0 aliphatic carbocycles. The Kier molecular flexibility index (Phi) is 5.53. The molecule has 6 nitrogen and oxygen atoms in total. The molecule has 0 bridgehead atoms. The van der Waals surface area contributed by atoms with E-state index in [9.17, 15) is 12.8 Å². The Morgan fingerprint density at radius 2 is 1.60 bits per heavy atom. The lowest BCUT2D eigenvalue weighted by molar-refractivity contribution is 0.383. The zero-order chi connectivity index (χ0) is 21.3. The Morgan fingerprint density at radius 1 is 0.900 bits per heavy atom.